The van der Waals surface area contributed by atoms with Crippen LogP contribution in [0.1, 0.15) is 28.3 Å². The molecule has 2 aromatic carbocycles. The molecule has 0 aromatic heterocycles. The first-order valence-electron chi connectivity index (χ1n) is 8.29. The molecule has 5 nitrogen and oxygen atoms in total. The van der Waals surface area contributed by atoms with Crippen molar-refractivity contribution in [1.82, 2.24) is 4.90 Å². The molecule has 0 aliphatic carbocycles. The molecule has 5 rings (SSSR count). The summed E-state index contributed by atoms with van der Waals surface area (Å²) in [7, 11) is 1.59. The summed E-state index contributed by atoms with van der Waals surface area (Å²) < 4.78 is 16.3. The number of ether oxygens (including phenoxy) is 3. The molecule has 1 unspecified atom stereocenters. The van der Waals surface area contributed by atoms with Crippen LogP contribution < -0.4 is 14.2 Å². The second-order valence-corrected chi connectivity index (χ2v) is 6.60. The second-order valence-electron chi connectivity index (χ2n) is 6.60. The largest absolute Gasteiger partial charge is 0.504 e. The Hall–Kier alpha value is -2.40. The number of hydrogen-bond donors (Lipinski definition) is 1. The lowest BCUT2D eigenvalue weighted by Crippen LogP contribution is -2.39. The van der Waals surface area contributed by atoms with Crippen molar-refractivity contribution in [2.45, 2.75) is 25.4 Å². The Morgan fingerprint density at radius 1 is 1.17 bits per heavy atom. The molecule has 3 heterocycles. The fraction of sp³-hybridized carbons (Fsp3) is 0.368. The SMILES string of the molecule is COc1ccc2c(c1O)CN1CCc3cc4c(cc3C1C2)OCO4. The van der Waals surface area contributed by atoms with Gasteiger partial charge in [0, 0.05) is 24.7 Å². The van der Waals surface area contributed by atoms with Gasteiger partial charge in [0.05, 0.1) is 7.11 Å². The molecular weight excluding hydrogens is 306 g/mol. The highest BCUT2D eigenvalue weighted by atomic mass is 16.7. The number of aromatic hydroxyl groups is 1. The molecule has 0 amide bonds. The number of rotatable bonds is 1. The first-order chi connectivity index (χ1) is 11.7. The summed E-state index contributed by atoms with van der Waals surface area (Å²) in [6, 6.07) is 8.53. The van der Waals surface area contributed by atoms with Crippen LogP contribution >= 0.6 is 0 Å². The van der Waals surface area contributed by atoms with Gasteiger partial charge in [0.1, 0.15) is 0 Å². The molecule has 1 N–H and O–H groups in total. The zero-order valence-corrected chi connectivity index (χ0v) is 13.5. The summed E-state index contributed by atoms with van der Waals surface area (Å²) in [5, 5.41) is 10.5. The maximum atomic E-state index is 10.5. The first-order valence-corrected chi connectivity index (χ1v) is 8.29. The Bertz CT molecular complexity index is 833. The van der Waals surface area contributed by atoms with E-state index in [0.717, 1.165) is 43.0 Å². The number of phenols is 1. The van der Waals surface area contributed by atoms with Crippen LogP contribution in [0.4, 0.5) is 0 Å². The highest BCUT2D eigenvalue weighted by Gasteiger charge is 2.35. The van der Waals surface area contributed by atoms with E-state index in [2.05, 4.69) is 23.1 Å². The standard InChI is InChI=1S/C19H19NO4/c1-22-16-3-2-11-6-15-13-8-18-17(23-10-24-18)7-12(13)4-5-20(15)9-14(11)19(16)21/h2-3,7-8,15,21H,4-6,9-10H2,1H3. The number of fused-ring (bicyclic) bond motifs is 5. The van der Waals surface area contributed by atoms with Gasteiger partial charge in [-0.2, -0.15) is 0 Å². The molecule has 24 heavy (non-hydrogen) atoms. The summed E-state index contributed by atoms with van der Waals surface area (Å²) >= 11 is 0. The van der Waals surface area contributed by atoms with Gasteiger partial charge in [0.2, 0.25) is 6.79 Å². The number of nitrogens with zero attached hydrogens (tertiary/aromatic N) is 1. The van der Waals surface area contributed by atoms with Gasteiger partial charge in [-0.3, -0.25) is 4.90 Å². The third-order valence-corrected chi connectivity index (χ3v) is 5.44. The monoisotopic (exact) mass is 325 g/mol. The van der Waals surface area contributed by atoms with Gasteiger partial charge in [0.15, 0.2) is 23.0 Å². The second kappa shape index (κ2) is 5.05. The molecular formula is C19H19NO4. The Morgan fingerprint density at radius 2 is 2.00 bits per heavy atom. The van der Waals surface area contributed by atoms with Crippen molar-refractivity contribution >= 4 is 0 Å². The van der Waals surface area contributed by atoms with Crippen molar-refractivity contribution in [2.75, 3.05) is 20.4 Å². The van der Waals surface area contributed by atoms with Crippen molar-refractivity contribution in [3.8, 4) is 23.0 Å². The molecule has 0 radical (unpaired) electrons. The van der Waals surface area contributed by atoms with Gasteiger partial charge < -0.3 is 19.3 Å². The van der Waals surface area contributed by atoms with E-state index in [4.69, 9.17) is 14.2 Å². The molecule has 0 saturated heterocycles. The summed E-state index contributed by atoms with van der Waals surface area (Å²) in [6.07, 6.45) is 1.88. The predicted molar refractivity (Wildman–Crippen MR) is 87.8 cm³/mol. The molecule has 0 bridgehead atoms. The Balaban J connectivity index is 1.57. The molecule has 2 aromatic rings. The maximum Gasteiger partial charge on any atom is 0.231 e. The quantitative estimate of drug-likeness (QED) is 0.874. The average molecular weight is 325 g/mol. The van der Waals surface area contributed by atoms with E-state index in [9.17, 15) is 5.11 Å². The van der Waals surface area contributed by atoms with Crippen molar-refractivity contribution in [2.24, 2.45) is 0 Å². The predicted octanol–water partition coefficient (Wildman–Crippen LogP) is 2.79. The van der Waals surface area contributed by atoms with Gasteiger partial charge in [0.25, 0.3) is 0 Å². The molecule has 124 valence electrons. The van der Waals surface area contributed by atoms with Crippen LogP contribution in [0.2, 0.25) is 0 Å². The van der Waals surface area contributed by atoms with Crippen LogP contribution in [0.5, 0.6) is 23.0 Å². The van der Waals surface area contributed by atoms with E-state index >= 15 is 0 Å². The van der Waals surface area contributed by atoms with Gasteiger partial charge in [-0.05, 0) is 47.7 Å². The molecule has 0 spiro atoms. The van der Waals surface area contributed by atoms with E-state index in [1.54, 1.807) is 7.11 Å². The van der Waals surface area contributed by atoms with Gasteiger partial charge in [-0.25, -0.2) is 0 Å². The molecule has 1 atom stereocenters. The fourth-order valence-electron chi connectivity index (χ4n) is 4.17. The molecule has 3 aliphatic heterocycles. The number of methoxy groups -OCH3 is 1. The van der Waals surface area contributed by atoms with Crippen molar-refractivity contribution in [3.05, 3.63) is 46.5 Å². The van der Waals surface area contributed by atoms with E-state index in [0.29, 0.717) is 18.6 Å². The lowest BCUT2D eigenvalue weighted by Gasteiger charge is -2.41. The highest BCUT2D eigenvalue weighted by Crippen LogP contribution is 2.46. The van der Waals surface area contributed by atoms with Crippen LogP contribution in [0, 0.1) is 0 Å². The van der Waals surface area contributed by atoms with Crippen LogP contribution in [0.15, 0.2) is 24.3 Å². The number of hydrogen-bond acceptors (Lipinski definition) is 5. The zero-order chi connectivity index (χ0) is 16.3. The first kappa shape index (κ1) is 14.0. The molecule has 0 fully saturated rings. The zero-order valence-electron chi connectivity index (χ0n) is 13.5. The third kappa shape index (κ3) is 1.91. The van der Waals surface area contributed by atoms with Crippen molar-refractivity contribution in [1.29, 1.82) is 0 Å². The Kier molecular flexibility index (Phi) is 2.94. The van der Waals surface area contributed by atoms with Crippen LogP contribution in [-0.2, 0) is 19.4 Å². The van der Waals surface area contributed by atoms with E-state index in [1.807, 2.05) is 6.07 Å². The van der Waals surface area contributed by atoms with Gasteiger partial charge >= 0.3 is 0 Å². The van der Waals surface area contributed by atoms with Gasteiger partial charge in [-0.15, -0.1) is 0 Å². The molecule has 5 heteroatoms. The minimum atomic E-state index is 0.282. The smallest absolute Gasteiger partial charge is 0.231 e. The summed E-state index contributed by atoms with van der Waals surface area (Å²) in [5.41, 5.74) is 4.86. The Morgan fingerprint density at radius 3 is 2.83 bits per heavy atom. The van der Waals surface area contributed by atoms with E-state index in [1.165, 1.54) is 16.7 Å². The molecule has 3 aliphatic rings. The van der Waals surface area contributed by atoms with Crippen LogP contribution in [0.3, 0.4) is 0 Å². The number of benzene rings is 2. The van der Waals surface area contributed by atoms with E-state index < -0.39 is 0 Å². The lowest BCUT2D eigenvalue weighted by molar-refractivity contribution is 0.157. The summed E-state index contributed by atoms with van der Waals surface area (Å²) in [5.74, 6) is 2.54. The minimum absolute atomic E-state index is 0.282. The summed E-state index contributed by atoms with van der Waals surface area (Å²) in [6.45, 7) is 2.04. The van der Waals surface area contributed by atoms with Crippen LogP contribution in [-0.4, -0.2) is 30.5 Å². The minimum Gasteiger partial charge on any atom is -0.504 e. The average Bonchev–Trinajstić information content (AvgIpc) is 3.06. The van der Waals surface area contributed by atoms with Crippen LogP contribution in [0.25, 0.3) is 0 Å². The van der Waals surface area contributed by atoms with Gasteiger partial charge in [-0.1, -0.05) is 6.07 Å². The third-order valence-electron chi connectivity index (χ3n) is 5.44. The number of phenolic OH excluding ortho intramolecular Hbond substituents is 1. The summed E-state index contributed by atoms with van der Waals surface area (Å²) in [4.78, 5) is 2.44. The fourth-order valence-corrected chi connectivity index (χ4v) is 4.17. The van der Waals surface area contributed by atoms with Crippen molar-refractivity contribution < 1.29 is 19.3 Å². The molecule has 0 saturated carbocycles. The topological polar surface area (TPSA) is 51.2 Å². The van der Waals surface area contributed by atoms with E-state index in [-0.39, 0.29) is 5.75 Å². The van der Waals surface area contributed by atoms with Crippen molar-refractivity contribution in [3.63, 3.8) is 0 Å². The highest BCUT2D eigenvalue weighted by molar-refractivity contribution is 5.54. The normalized spacial score (nSPS) is 21.0. The Labute approximate surface area is 140 Å². The maximum absolute atomic E-state index is 10.5. The lowest BCUT2D eigenvalue weighted by atomic mass is 9.83.